The number of primary amides is 1. The van der Waals surface area contributed by atoms with Crippen molar-refractivity contribution < 1.29 is 33.8 Å². The zero-order chi connectivity index (χ0) is 27.9. The fraction of sp³-hybridized carbons (Fsp3) is 0.593. The van der Waals surface area contributed by atoms with Crippen LogP contribution in [-0.4, -0.2) is 81.9 Å². The number of carbonyl (C=O) groups excluding carboxylic acids is 4. The number of amides is 5. The van der Waals surface area contributed by atoms with Crippen molar-refractivity contribution in [2.45, 2.75) is 75.2 Å². The second-order valence-corrected chi connectivity index (χ2v) is 11.3. The minimum Gasteiger partial charge on any atom is -0.475 e. The molecule has 5 N–H and O–H groups in total. The van der Waals surface area contributed by atoms with E-state index in [1.807, 2.05) is 12.1 Å². The Balaban J connectivity index is 1.41. The number of fused-ring (bicyclic) bond motifs is 1. The van der Waals surface area contributed by atoms with Crippen LogP contribution in [0.25, 0.3) is 0 Å². The summed E-state index contributed by atoms with van der Waals surface area (Å²) in [6.07, 6.45) is 3.00. The number of likely N-dealkylation sites (N-methyl/N-ethyl adjacent to an activating group) is 1. The maximum atomic E-state index is 14.1. The van der Waals surface area contributed by atoms with Crippen molar-refractivity contribution in [2.75, 3.05) is 13.6 Å². The van der Waals surface area contributed by atoms with Crippen LogP contribution in [0.2, 0.25) is 0 Å². The Morgan fingerprint density at radius 3 is 2.49 bits per heavy atom. The second kappa shape index (κ2) is 10.4. The Morgan fingerprint density at radius 2 is 1.85 bits per heavy atom. The molecule has 12 nitrogen and oxygen atoms in total. The number of rotatable bonds is 9. The smallest absolute Gasteiger partial charge is 0.405 e. The highest BCUT2D eigenvalue weighted by Crippen LogP contribution is 2.39. The van der Waals surface area contributed by atoms with E-state index < -0.39 is 53.4 Å². The predicted octanol–water partition coefficient (Wildman–Crippen LogP) is 0.584. The highest BCUT2D eigenvalue weighted by Gasteiger charge is 2.57. The van der Waals surface area contributed by atoms with Crippen LogP contribution >= 0.6 is 0 Å². The lowest BCUT2D eigenvalue weighted by Gasteiger charge is -2.35. The molecule has 5 rings (SSSR count). The van der Waals surface area contributed by atoms with Crippen molar-refractivity contribution in [2.24, 2.45) is 17.6 Å². The van der Waals surface area contributed by atoms with E-state index in [0.29, 0.717) is 18.6 Å². The predicted molar refractivity (Wildman–Crippen MR) is 137 cm³/mol. The number of nitrogens with two attached hydrogens (primary N) is 1. The lowest BCUT2D eigenvalue weighted by Crippen LogP contribution is -2.57. The Labute approximate surface area is 226 Å². The van der Waals surface area contributed by atoms with E-state index in [0.717, 1.165) is 31.2 Å². The number of nitrogens with one attached hydrogen (secondary N) is 2. The summed E-state index contributed by atoms with van der Waals surface area (Å²) in [6, 6.07) is 4.14. The molecular formula is C27H35N5O7. The molecule has 4 atom stereocenters. The molecule has 210 valence electrons. The Kier molecular flexibility index (Phi) is 7.13. The highest BCUT2D eigenvalue weighted by atomic mass is 16.5. The highest BCUT2D eigenvalue weighted by molar-refractivity contribution is 5.96. The number of ether oxygens (including phenoxy) is 1. The van der Waals surface area contributed by atoms with Crippen LogP contribution in [0, 0.1) is 11.8 Å². The average Bonchev–Trinajstić information content (AvgIpc) is 3.83. The minimum absolute atomic E-state index is 0.118. The second-order valence-electron chi connectivity index (χ2n) is 11.3. The molecule has 4 aliphatic rings. The van der Waals surface area contributed by atoms with Gasteiger partial charge in [0.25, 0.3) is 5.91 Å². The first-order chi connectivity index (χ1) is 18.6. The molecule has 2 heterocycles. The van der Waals surface area contributed by atoms with Crippen LogP contribution in [0.1, 0.15) is 50.5 Å². The normalized spacial score (nSPS) is 25.5. The van der Waals surface area contributed by atoms with Crippen molar-refractivity contribution in [1.29, 1.82) is 0 Å². The van der Waals surface area contributed by atoms with Gasteiger partial charge < -0.3 is 36.0 Å². The Morgan fingerprint density at radius 1 is 1.18 bits per heavy atom. The Bertz CT molecular complexity index is 1180. The fourth-order valence-corrected chi connectivity index (χ4v) is 5.68. The maximum absolute atomic E-state index is 14.1. The third-order valence-corrected chi connectivity index (χ3v) is 8.28. The van der Waals surface area contributed by atoms with Gasteiger partial charge in [-0.05, 0) is 30.7 Å². The van der Waals surface area contributed by atoms with Gasteiger partial charge in [0.15, 0.2) is 0 Å². The van der Waals surface area contributed by atoms with Crippen LogP contribution < -0.4 is 21.1 Å². The molecule has 3 fully saturated rings. The molecule has 12 heteroatoms. The summed E-state index contributed by atoms with van der Waals surface area (Å²) in [5.41, 5.74) is 4.98. The summed E-state index contributed by atoms with van der Waals surface area (Å²) in [4.78, 5) is 67.5. The van der Waals surface area contributed by atoms with Crippen LogP contribution in [0.5, 0.6) is 5.75 Å². The van der Waals surface area contributed by atoms with Gasteiger partial charge in [0.05, 0.1) is 6.54 Å². The SMILES string of the molecule is CN(C(=O)C(CC1CC1)NC(=O)O)C(CC1CC1)C(=O)N1C[C@@]2(C[C@H]1C(N)=O)Oc1ccccc1CNC2=O. The average molecular weight is 542 g/mol. The number of hydrogen-bond donors (Lipinski definition) is 4. The molecule has 5 amide bonds. The van der Waals surface area contributed by atoms with Crippen LogP contribution in [0.15, 0.2) is 24.3 Å². The van der Waals surface area contributed by atoms with E-state index in [9.17, 15) is 29.1 Å². The number of nitrogens with zero attached hydrogens (tertiary/aromatic N) is 2. The maximum Gasteiger partial charge on any atom is 0.405 e. The summed E-state index contributed by atoms with van der Waals surface area (Å²) in [6.45, 7) is 0.0358. The van der Waals surface area contributed by atoms with Crippen molar-refractivity contribution >= 4 is 29.7 Å². The van der Waals surface area contributed by atoms with Gasteiger partial charge in [0.1, 0.15) is 23.9 Å². The third-order valence-electron chi connectivity index (χ3n) is 8.28. The number of para-hydroxylation sites is 1. The molecular weight excluding hydrogens is 506 g/mol. The molecule has 2 saturated carbocycles. The monoisotopic (exact) mass is 541 g/mol. The standard InChI is InChI=1S/C27H35N5O7/c1-31(23(34)18(30-26(37)38)10-15-6-7-15)19(11-16-8-9-16)24(35)32-14-27(12-20(32)22(28)33)25(36)29-13-17-4-2-3-5-21(17)39-27/h2-5,15-16,18-20,30H,6-14H2,1H3,(H2,28,33)(H,29,36)(H,37,38)/t18?,19?,20-,27+/m0/s1. The van der Waals surface area contributed by atoms with Crippen LogP contribution in [0.3, 0.4) is 0 Å². The first-order valence-corrected chi connectivity index (χ1v) is 13.5. The van der Waals surface area contributed by atoms with Crippen molar-refractivity contribution in [3.63, 3.8) is 0 Å². The first-order valence-electron chi connectivity index (χ1n) is 13.5. The summed E-state index contributed by atoms with van der Waals surface area (Å²) >= 11 is 0. The van der Waals surface area contributed by atoms with Gasteiger partial charge in [-0.3, -0.25) is 19.2 Å². The lowest BCUT2D eigenvalue weighted by molar-refractivity contribution is -0.149. The Hall–Kier alpha value is -3.83. The lowest BCUT2D eigenvalue weighted by atomic mass is 9.98. The van der Waals surface area contributed by atoms with E-state index in [2.05, 4.69) is 10.6 Å². The molecule has 39 heavy (non-hydrogen) atoms. The van der Waals surface area contributed by atoms with E-state index in [-0.39, 0.29) is 31.3 Å². The number of carboxylic acid groups (broad SMARTS) is 1. The molecule has 0 radical (unpaired) electrons. The molecule has 2 aliphatic carbocycles. The fourth-order valence-electron chi connectivity index (χ4n) is 5.68. The molecule has 2 unspecified atom stereocenters. The van der Waals surface area contributed by atoms with Crippen molar-refractivity contribution in [3.8, 4) is 5.75 Å². The van der Waals surface area contributed by atoms with E-state index in [4.69, 9.17) is 10.5 Å². The number of hydrogen-bond acceptors (Lipinski definition) is 6. The van der Waals surface area contributed by atoms with Gasteiger partial charge in [0.2, 0.25) is 23.3 Å². The summed E-state index contributed by atoms with van der Waals surface area (Å²) in [5, 5.41) is 14.5. The van der Waals surface area contributed by atoms with Crippen molar-refractivity contribution in [1.82, 2.24) is 20.4 Å². The largest absolute Gasteiger partial charge is 0.475 e. The third kappa shape index (κ3) is 5.64. The molecule has 1 aromatic carbocycles. The topological polar surface area (TPSA) is 171 Å². The molecule has 1 saturated heterocycles. The van der Waals surface area contributed by atoms with Gasteiger partial charge in [0, 0.05) is 25.6 Å². The van der Waals surface area contributed by atoms with Gasteiger partial charge in [-0.1, -0.05) is 43.9 Å². The number of likely N-dealkylation sites (tertiary alicyclic amines) is 1. The van der Waals surface area contributed by atoms with E-state index in [1.165, 1.54) is 16.8 Å². The van der Waals surface area contributed by atoms with Gasteiger partial charge >= 0.3 is 6.09 Å². The minimum atomic E-state index is -1.52. The van der Waals surface area contributed by atoms with Crippen molar-refractivity contribution in [3.05, 3.63) is 29.8 Å². The summed E-state index contributed by atoms with van der Waals surface area (Å²) in [7, 11) is 1.49. The molecule has 1 spiro atoms. The van der Waals surface area contributed by atoms with Crippen LogP contribution in [0.4, 0.5) is 4.79 Å². The summed E-state index contributed by atoms with van der Waals surface area (Å²) in [5.74, 6) is -1.23. The van der Waals surface area contributed by atoms with Gasteiger partial charge in [-0.15, -0.1) is 0 Å². The van der Waals surface area contributed by atoms with Crippen LogP contribution in [-0.2, 0) is 25.7 Å². The van der Waals surface area contributed by atoms with E-state index in [1.54, 1.807) is 12.1 Å². The quantitative estimate of drug-likeness (QED) is 0.354. The molecule has 2 aliphatic heterocycles. The first kappa shape index (κ1) is 26.8. The van der Waals surface area contributed by atoms with Gasteiger partial charge in [-0.25, -0.2) is 4.79 Å². The van der Waals surface area contributed by atoms with E-state index >= 15 is 0 Å². The molecule has 1 aromatic rings. The van der Waals surface area contributed by atoms with Gasteiger partial charge in [-0.2, -0.15) is 0 Å². The zero-order valence-electron chi connectivity index (χ0n) is 21.9. The number of carbonyl (C=O) groups is 5. The summed E-state index contributed by atoms with van der Waals surface area (Å²) < 4.78 is 6.22. The molecule has 0 aromatic heterocycles. The zero-order valence-corrected chi connectivity index (χ0v) is 21.9. The number of benzene rings is 1. The molecule has 0 bridgehead atoms.